The van der Waals surface area contributed by atoms with E-state index in [1.807, 2.05) is 39.0 Å². The van der Waals surface area contributed by atoms with Gasteiger partial charge in [-0.3, -0.25) is 4.79 Å². The van der Waals surface area contributed by atoms with Gasteiger partial charge in [-0.25, -0.2) is 0 Å². The number of benzene rings is 1. The van der Waals surface area contributed by atoms with E-state index < -0.39 is 0 Å². The second-order valence-corrected chi connectivity index (χ2v) is 6.71. The van der Waals surface area contributed by atoms with E-state index in [2.05, 4.69) is 22.9 Å². The van der Waals surface area contributed by atoms with Crippen LogP contribution in [0.15, 0.2) is 22.7 Å². The molecule has 0 aliphatic carbocycles. The van der Waals surface area contributed by atoms with Crippen molar-refractivity contribution in [2.75, 3.05) is 0 Å². The molecule has 3 heteroatoms. The number of halogens is 1. The molecule has 1 heterocycles. The van der Waals surface area contributed by atoms with Crippen molar-refractivity contribution in [3.63, 3.8) is 0 Å². The number of carbonyl (C=O) groups is 1. The molecule has 1 nitrogen and oxygen atoms in total. The van der Waals surface area contributed by atoms with Crippen molar-refractivity contribution >= 4 is 33.0 Å². The van der Waals surface area contributed by atoms with Crippen molar-refractivity contribution in [1.29, 1.82) is 0 Å². The summed E-state index contributed by atoms with van der Waals surface area (Å²) in [5.41, 5.74) is 4.10. The first-order valence-corrected chi connectivity index (χ1v) is 7.39. The Hall–Kier alpha value is -0.930. The summed E-state index contributed by atoms with van der Waals surface area (Å²) in [7, 11) is 0. The molecule has 0 radical (unpaired) electrons. The summed E-state index contributed by atoms with van der Waals surface area (Å²) >= 11 is 5.07. The number of hydrogen-bond acceptors (Lipinski definition) is 2. The molecule has 0 fully saturated rings. The standard InChI is InChI=1S/C15H15BrOS/c1-8-7-14(18-11(8)4)15(17)12-5-10(3)13(16)6-9(12)2/h5-7H,1-4H3. The number of carbonyl (C=O) groups excluding carboxylic acids is 1. The predicted octanol–water partition coefficient (Wildman–Crippen LogP) is 4.98. The van der Waals surface area contributed by atoms with Crippen LogP contribution in [-0.2, 0) is 0 Å². The first-order valence-electron chi connectivity index (χ1n) is 5.78. The van der Waals surface area contributed by atoms with E-state index in [0.717, 1.165) is 26.0 Å². The number of ketones is 1. The van der Waals surface area contributed by atoms with Crippen LogP contribution in [0.1, 0.15) is 36.8 Å². The summed E-state index contributed by atoms with van der Waals surface area (Å²) in [6.07, 6.45) is 0. The minimum Gasteiger partial charge on any atom is -0.288 e. The fraction of sp³-hybridized carbons (Fsp3) is 0.267. The van der Waals surface area contributed by atoms with E-state index in [1.54, 1.807) is 11.3 Å². The zero-order valence-electron chi connectivity index (χ0n) is 10.9. The zero-order chi connectivity index (χ0) is 13.4. The summed E-state index contributed by atoms with van der Waals surface area (Å²) in [4.78, 5) is 14.5. The van der Waals surface area contributed by atoms with Gasteiger partial charge in [0, 0.05) is 14.9 Å². The van der Waals surface area contributed by atoms with E-state index in [0.29, 0.717) is 0 Å². The molecular formula is C15H15BrOS. The predicted molar refractivity (Wildman–Crippen MR) is 80.8 cm³/mol. The van der Waals surface area contributed by atoms with Gasteiger partial charge in [0.05, 0.1) is 4.88 Å². The van der Waals surface area contributed by atoms with Crippen LogP contribution in [0.3, 0.4) is 0 Å². The van der Waals surface area contributed by atoms with Crippen LogP contribution in [0.5, 0.6) is 0 Å². The van der Waals surface area contributed by atoms with Crippen LogP contribution in [0, 0.1) is 27.7 Å². The van der Waals surface area contributed by atoms with Crippen LogP contribution >= 0.6 is 27.3 Å². The lowest BCUT2D eigenvalue weighted by molar-refractivity contribution is 0.104. The van der Waals surface area contributed by atoms with Crippen LogP contribution < -0.4 is 0 Å². The second-order valence-electron chi connectivity index (χ2n) is 4.60. The summed E-state index contributed by atoms with van der Waals surface area (Å²) in [5.74, 6) is 0.129. The highest BCUT2D eigenvalue weighted by Crippen LogP contribution is 2.27. The molecule has 0 amide bonds. The fourth-order valence-electron chi connectivity index (χ4n) is 1.84. The first kappa shape index (κ1) is 13.5. The fourth-order valence-corrected chi connectivity index (χ4v) is 3.29. The minimum absolute atomic E-state index is 0.129. The smallest absolute Gasteiger partial charge is 0.203 e. The number of aryl methyl sites for hydroxylation is 4. The molecule has 0 saturated heterocycles. The topological polar surface area (TPSA) is 17.1 Å². The summed E-state index contributed by atoms with van der Waals surface area (Å²) in [6, 6.07) is 5.96. The van der Waals surface area contributed by atoms with Crippen LogP contribution in [0.2, 0.25) is 0 Å². The van der Waals surface area contributed by atoms with Gasteiger partial charge in [0.2, 0.25) is 5.78 Å². The van der Waals surface area contributed by atoms with E-state index in [9.17, 15) is 4.79 Å². The summed E-state index contributed by atoms with van der Waals surface area (Å²) in [5, 5.41) is 0. The lowest BCUT2D eigenvalue weighted by atomic mass is 10.0. The maximum absolute atomic E-state index is 12.5. The van der Waals surface area contributed by atoms with E-state index in [-0.39, 0.29) is 5.78 Å². The Kier molecular flexibility index (Phi) is 3.74. The van der Waals surface area contributed by atoms with Crippen LogP contribution in [0.4, 0.5) is 0 Å². The van der Waals surface area contributed by atoms with Gasteiger partial charge in [0.25, 0.3) is 0 Å². The average molecular weight is 323 g/mol. The van der Waals surface area contributed by atoms with Gasteiger partial charge in [-0.1, -0.05) is 15.9 Å². The lowest BCUT2D eigenvalue weighted by Crippen LogP contribution is -2.02. The highest BCUT2D eigenvalue weighted by atomic mass is 79.9. The van der Waals surface area contributed by atoms with Gasteiger partial charge >= 0.3 is 0 Å². The Balaban J connectivity index is 2.49. The van der Waals surface area contributed by atoms with Gasteiger partial charge in [-0.15, -0.1) is 11.3 Å². The van der Waals surface area contributed by atoms with Crippen molar-refractivity contribution in [3.05, 3.63) is 54.7 Å². The molecule has 0 aliphatic rings. The lowest BCUT2D eigenvalue weighted by Gasteiger charge is -2.07. The number of hydrogen-bond donors (Lipinski definition) is 0. The Morgan fingerprint density at radius 3 is 2.22 bits per heavy atom. The largest absolute Gasteiger partial charge is 0.288 e. The molecule has 0 spiro atoms. The molecule has 0 N–H and O–H groups in total. The van der Waals surface area contributed by atoms with Crippen molar-refractivity contribution < 1.29 is 4.79 Å². The number of rotatable bonds is 2. The molecule has 0 atom stereocenters. The Morgan fingerprint density at radius 1 is 1.00 bits per heavy atom. The molecule has 1 aromatic heterocycles. The molecule has 18 heavy (non-hydrogen) atoms. The highest BCUT2D eigenvalue weighted by molar-refractivity contribution is 9.10. The van der Waals surface area contributed by atoms with E-state index in [1.165, 1.54) is 10.4 Å². The first-order chi connectivity index (χ1) is 8.40. The average Bonchev–Trinajstić information content (AvgIpc) is 2.63. The van der Waals surface area contributed by atoms with Gasteiger partial charge in [0.15, 0.2) is 0 Å². The molecule has 0 saturated carbocycles. The van der Waals surface area contributed by atoms with Crippen molar-refractivity contribution in [2.24, 2.45) is 0 Å². The summed E-state index contributed by atoms with van der Waals surface area (Å²) < 4.78 is 1.05. The Bertz CT molecular complexity index is 606. The minimum atomic E-state index is 0.129. The van der Waals surface area contributed by atoms with Gasteiger partial charge in [-0.05, 0) is 62.6 Å². The normalized spacial score (nSPS) is 10.7. The molecule has 0 aliphatic heterocycles. The van der Waals surface area contributed by atoms with Crippen molar-refractivity contribution in [3.8, 4) is 0 Å². The van der Waals surface area contributed by atoms with Crippen molar-refractivity contribution in [1.82, 2.24) is 0 Å². The van der Waals surface area contributed by atoms with Gasteiger partial charge in [0.1, 0.15) is 0 Å². The molecule has 94 valence electrons. The molecule has 2 aromatic rings. The van der Waals surface area contributed by atoms with Gasteiger partial charge < -0.3 is 0 Å². The maximum Gasteiger partial charge on any atom is 0.203 e. The number of thiophene rings is 1. The van der Waals surface area contributed by atoms with Crippen LogP contribution in [-0.4, -0.2) is 5.78 Å². The van der Waals surface area contributed by atoms with Crippen molar-refractivity contribution in [2.45, 2.75) is 27.7 Å². The quantitative estimate of drug-likeness (QED) is 0.713. The molecule has 0 unspecified atom stereocenters. The Labute approximate surface area is 120 Å². The molecule has 2 rings (SSSR count). The second kappa shape index (κ2) is 4.98. The highest BCUT2D eigenvalue weighted by Gasteiger charge is 2.16. The van der Waals surface area contributed by atoms with Crippen LogP contribution in [0.25, 0.3) is 0 Å². The van der Waals surface area contributed by atoms with Gasteiger partial charge in [-0.2, -0.15) is 0 Å². The Morgan fingerprint density at radius 2 is 1.67 bits per heavy atom. The molecule has 1 aromatic carbocycles. The monoisotopic (exact) mass is 322 g/mol. The SMILES string of the molecule is Cc1cc(C(=O)c2cc(C)c(C)s2)c(C)cc1Br. The third-order valence-corrected chi connectivity index (χ3v) is 5.15. The van der Waals surface area contributed by atoms with E-state index >= 15 is 0 Å². The third-order valence-electron chi connectivity index (χ3n) is 3.14. The van der Waals surface area contributed by atoms with E-state index in [4.69, 9.17) is 0 Å². The molecular weight excluding hydrogens is 308 g/mol. The third kappa shape index (κ3) is 2.43. The zero-order valence-corrected chi connectivity index (χ0v) is 13.3. The summed E-state index contributed by atoms with van der Waals surface area (Å²) in [6.45, 7) is 8.08. The maximum atomic E-state index is 12.5. The molecule has 0 bridgehead atoms.